The minimum absolute atomic E-state index is 0.276. The van der Waals surface area contributed by atoms with E-state index in [1.54, 1.807) is 11.3 Å². The molecule has 7 heteroatoms. The van der Waals surface area contributed by atoms with Gasteiger partial charge in [-0.05, 0) is 41.0 Å². The highest BCUT2D eigenvalue weighted by molar-refractivity contribution is 9.11. The molecule has 2 heterocycles. The third-order valence-electron chi connectivity index (χ3n) is 2.68. The van der Waals surface area contributed by atoms with E-state index in [4.69, 9.17) is 5.73 Å². The number of rotatable bonds is 5. The van der Waals surface area contributed by atoms with Crippen LogP contribution in [-0.2, 0) is 13.1 Å². The van der Waals surface area contributed by atoms with Crippen LogP contribution in [0.3, 0.4) is 0 Å². The number of hydrogen-bond acceptors (Lipinski definition) is 4. The molecule has 0 radical (unpaired) electrons. The summed E-state index contributed by atoms with van der Waals surface area (Å²) in [7, 11) is 0. The lowest BCUT2D eigenvalue weighted by Gasteiger charge is -2.08. The van der Waals surface area contributed by atoms with E-state index in [2.05, 4.69) is 15.9 Å². The van der Waals surface area contributed by atoms with Crippen molar-refractivity contribution >= 4 is 27.3 Å². The molecule has 102 valence electrons. The van der Waals surface area contributed by atoms with Gasteiger partial charge in [-0.2, -0.15) is 0 Å². The van der Waals surface area contributed by atoms with Crippen LogP contribution in [0.15, 0.2) is 37.8 Å². The van der Waals surface area contributed by atoms with Gasteiger partial charge in [0.2, 0.25) is 0 Å². The number of aromatic nitrogens is 2. The second-order valence-electron chi connectivity index (χ2n) is 4.06. The molecular weight excluding hydrogens is 330 g/mol. The maximum absolute atomic E-state index is 12.2. The van der Waals surface area contributed by atoms with Crippen molar-refractivity contribution in [3.8, 4) is 0 Å². The topological polar surface area (TPSA) is 70.0 Å². The van der Waals surface area contributed by atoms with Crippen molar-refractivity contribution in [2.24, 2.45) is 5.73 Å². The normalized spacial score (nSPS) is 10.8. The van der Waals surface area contributed by atoms with Gasteiger partial charge < -0.3 is 5.73 Å². The Labute approximate surface area is 122 Å². The minimum atomic E-state index is -0.287. The van der Waals surface area contributed by atoms with Crippen molar-refractivity contribution in [2.75, 3.05) is 6.54 Å². The van der Waals surface area contributed by atoms with Crippen LogP contribution in [0.5, 0.6) is 0 Å². The van der Waals surface area contributed by atoms with E-state index >= 15 is 0 Å². The second-order valence-corrected chi connectivity index (χ2v) is 6.61. The van der Waals surface area contributed by atoms with Crippen molar-refractivity contribution in [1.29, 1.82) is 0 Å². The molecule has 0 bridgehead atoms. The van der Waals surface area contributed by atoms with Gasteiger partial charge in [-0.25, -0.2) is 4.79 Å². The van der Waals surface area contributed by atoms with Crippen molar-refractivity contribution < 1.29 is 0 Å². The molecule has 0 aromatic carbocycles. The largest absolute Gasteiger partial charge is 0.331 e. The number of nitrogens with zero attached hydrogens (tertiary/aromatic N) is 2. The zero-order valence-corrected chi connectivity index (χ0v) is 12.6. The molecule has 0 spiro atoms. The number of hydrogen-bond donors (Lipinski definition) is 1. The quantitative estimate of drug-likeness (QED) is 0.887. The monoisotopic (exact) mass is 343 g/mol. The molecular formula is C12H14BrN3O2S. The maximum atomic E-state index is 12.2. The van der Waals surface area contributed by atoms with Gasteiger partial charge in [-0.15, -0.1) is 11.3 Å². The van der Waals surface area contributed by atoms with E-state index in [0.717, 1.165) is 8.66 Å². The van der Waals surface area contributed by atoms with E-state index in [0.29, 0.717) is 26.1 Å². The highest BCUT2D eigenvalue weighted by Gasteiger charge is 2.06. The second kappa shape index (κ2) is 6.31. The average Bonchev–Trinajstić information content (AvgIpc) is 2.78. The van der Waals surface area contributed by atoms with Gasteiger partial charge in [0, 0.05) is 23.7 Å². The van der Waals surface area contributed by atoms with Gasteiger partial charge in [0.15, 0.2) is 0 Å². The minimum Gasteiger partial charge on any atom is -0.330 e. The van der Waals surface area contributed by atoms with Crippen LogP contribution in [0.4, 0.5) is 0 Å². The Bertz CT molecular complexity index is 674. The Morgan fingerprint density at radius 1 is 1.26 bits per heavy atom. The third kappa shape index (κ3) is 3.43. The van der Waals surface area contributed by atoms with Gasteiger partial charge in [0.1, 0.15) is 0 Å². The Hall–Kier alpha value is -1.18. The van der Waals surface area contributed by atoms with Crippen molar-refractivity contribution in [3.05, 3.63) is 53.9 Å². The summed E-state index contributed by atoms with van der Waals surface area (Å²) in [5.41, 5.74) is 4.85. The van der Waals surface area contributed by atoms with E-state index in [-0.39, 0.29) is 11.2 Å². The average molecular weight is 344 g/mol. The summed E-state index contributed by atoms with van der Waals surface area (Å²) in [4.78, 5) is 24.9. The van der Waals surface area contributed by atoms with E-state index in [1.165, 1.54) is 21.4 Å². The predicted octanol–water partition coefficient (Wildman–Crippen LogP) is 1.23. The summed E-state index contributed by atoms with van der Waals surface area (Å²) in [5, 5.41) is 0. The Balaban J connectivity index is 2.31. The molecule has 0 saturated heterocycles. The van der Waals surface area contributed by atoms with Crippen molar-refractivity contribution in [1.82, 2.24) is 9.13 Å². The molecule has 2 N–H and O–H groups in total. The molecule has 0 amide bonds. The summed E-state index contributed by atoms with van der Waals surface area (Å²) in [5.74, 6) is 0. The standard InChI is InChI=1S/C12H14BrN3O2S/c13-10-3-2-9(19-10)8-15-7-4-11(17)16(12(15)18)6-1-5-14/h2-4,7H,1,5-6,8,14H2. The van der Waals surface area contributed by atoms with Crippen LogP contribution < -0.4 is 17.0 Å². The first-order valence-electron chi connectivity index (χ1n) is 5.86. The molecule has 0 atom stereocenters. The molecule has 0 aliphatic heterocycles. The van der Waals surface area contributed by atoms with Gasteiger partial charge in [-0.3, -0.25) is 13.9 Å². The fourth-order valence-corrected chi connectivity index (χ4v) is 3.22. The Morgan fingerprint density at radius 2 is 2.05 bits per heavy atom. The first kappa shape index (κ1) is 14.2. The number of halogens is 1. The summed E-state index contributed by atoms with van der Waals surface area (Å²) < 4.78 is 3.79. The lowest BCUT2D eigenvalue weighted by Crippen LogP contribution is -2.39. The number of nitrogens with two attached hydrogens (primary N) is 1. The molecule has 0 saturated carbocycles. The molecule has 2 aromatic rings. The maximum Gasteiger partial charge on any atom is 0.331 e. The van der Waals surface area contributed by atoms with Crippen molar-refractivity contribution in [3.63, 3.8) is 0 Å². The van der Waals surface area contributed by atoms with Crippen LogP contribution in [0.25, 0.3) is 0 Å². The van der Waals surface area contributed by atoms with E-state index in [1.807, 2.05) is 12.1 Å². The van der Waals surface area contributed by atoms with Gasteiger partial charge in [-0.1, -0.05) is 0 Å². The molecule has 5 nitrogen and oxygen atoms in total. The SMILES string of the molecule is NCCCn1c(=O)ccn(Cc2ccc(Br)s2)c1=O. The van der Waals surface area contributed by atoms with Crippen LogP contribution in [0, 0.1) is 0 Å². The van der Waals surface area contributed by atoms with Crippen LogP contribution in [-0.4, -0.2) is 15.7 Å². The van der Waals surface area contributed by atoms with E-state index in [9.17, 15) is 9.59 Å². The predicted molar refractivity (Wildman–Crippen MR) is 79.8 cm³/mol. The molecule has 0 fully saturated rings. The molecule has 2 aromatic heterocycles. The molecule has 2 rings (SSSR count). The van der Waals surface area contributed by atoms with Crippen LogP contribution >= 0.6 is 27.3 Å². The fraction of sp³-hybridized carbons (Fsp3) is 0.333. The zero-order chi connectivity index (χ0) is 13.8. The Morgan fingerprint density at radius 3 is 2.68 bits per heavy atom. The van der Waals surface area contributed by atoms with Crippen molar-refractivity contribution in [2.45, 2.75) is 19.5 Å². The van der Waals surface area contributed by atoms with Crippen LogP contribution in [0.2, 0.25) is 0 Å². The summed E-state index contributed by atoms with van der Waals surface area (Å²) >= 11 is 4.96. The van der Waals surface area contributed by atoms with Gasteiger partial charge in [0.05, 0.1) is 10.3 Å². The number of thiophene rings is 1. The first-order chi connectivity index (χ1) is 9.11. The fourth-order valence-electron chi connectivity index (χ4n) is 1.74. The van der Waals surface area contributed by atoms with Gasteiger partial charge in [0.25, 0.3) is 5.56 Å². The van der Waals surface area contributed by atoms with E-state index < -0.39 is 0 Å². The molecule has 0 unspecified atom stereocenters. The summed E-state index contributed by atoms with van der Waals surface area (Å²) in [6.07, 6.45) is 2.15. The highest BCUT2D eigenvalue weighted by atomic mass is 79.9. The lowest BCUT2D eigenvalue weighted by atomic mass is 10.4. The third-order valence-corrected chi connectivity index (χ3v) is 4.29. The first-order valence-corrected chi connectivity index (χ1v) is 7.47. The van der Waals surface area contributed by atoms with Crippen LogP contribution in [0.1, 0.15) is 11.3 Å². The molecule has 0 aliphatic rings. The Kier molecular flexibility index (Phi) is 4.73. The highest BCUT2D eigenvalue weighted by Crippen LogP contribution is 2.22. The zero-order valence-electron chi connectivity index (χ0n) is 10.2. The molecule has 0 aliphatic carbocycles. The van der Waals surface area contributed by atoms with Gasteiger partial charge >= 0.3 is 5.69 Å². The summed E-state index contributed by atoms with van der Waals surface area (Å²) in [6.45, 7) is 1.29. The summed E-state index contributed by atoms with van der Waals surface area (Å²) in [6, 6.07) is 5.31. The smallest absolute Gasteiger partial charge is 0.330 e. The molecule has 19 heavy (non-hydrogen) atoms. The lowest BCUT2D eigenvalue weighted by molar-refractivity contribution is 0.556.